The van der Waals surface area contributed by atoms with Crippen molar-refractivity contribution in [3.63, 3.8) is 0 Å². The molecule has 2 aromatic rings. The van der Waals surface area contributed by atoms with E-state index in [1.165, 1.54) is 18.1 Å². The van der Waals surface area contributed by atoms with Crippen molar-refractivity contribution in [2.45, 2.75) is 52.9 Å². The van der Waals surface area contributed by atoms with Crippen LogP contribution in [-0.2, 0) is 22.4 Å². The Morgan fingerprint density at radius 1 is 0.929 bits per heavy atom. The van der Waals surface area contributed by atoms with Gasteiger partial charge in [0.2, 0.25) is 5.78 Å². The zero-order valence-corrected chi connectivity index (χ0v) is 17.7. The van der Waals surface area contributed by atoms with Crippen LogP contribution in [0.4, 0.5) is 0 Å². The Kier molecular flexibility index (Phi) is 7.70. The first kappa shape index (κ1) is 22.0. The van der Waals surface area contributed by atoms with E-state index in [4.69, 9.17) is 4.74 Å². The number of Topliss-reactive ketones (excluding diaryl/α,β-unsaturated/α-hetero) is 2. The quantitative estimate of drug-likeness (QED) is 0.409. The highest BCUT2D eigenvalue weighted by Gasteiger charge is 2.29. The summed E-state index contributed by atoms with van der Waals surface area (Å²) in [5.41, 5.74) is 4.25. The van der Waals surface area contributed by atoms with Gasteiger partial charge in [-0.3, -0.25) is 9.59 Å². The summed E-state index contributed by atoms with van der Waals surface area (Å²) in [5, 5.41) is 0. The average Bonchev–Trinajstić information content (AvgIpc) is 2.68. The summed E-state index contributed by atoms with van der Waals surface area (Å²) in [6.07, 6.45) is 2.78. The van der Waals surface area contributed by atoms with Gasteiger partial charge in [-0.15, -0.1) is 0 Å². The molecule has 0 saturated heterocycles. The minimum atomic E-state index is -0.435. The molecule has 28 heavy (non-hydrogen) atoms. The van der Waals surface area contributed by atoms with Crippen molar-refractivity contribution in [2.75, 3.05) is 13.7 Å². The number of carbonyl (C=O) groups is 2. The molecule has 1 unspecified atom stereocenters. The number of rotatable bonds is 10. The zero-order valence-electron chi connectivity index (χ0n) is 17.7. The molecule has 2 aromatic carbocycles. The monoisotopic (exact) mass is 380 g/mol. The van der Waals surface area contributed by atoms with Gasteiger partial charge in [-0.2, -0.15) is 0 Å². The second-order valence-electron chi connectivity index (χ2n) is 8.12. The minimum absolute atomic E-state index is 0.0137. The van der Waals surface area contributed by atoms with Gasteiger partial charge in [0.25, 0.3) is 0 Å². The maximum Gasteiger partial charge on any atom is 0.228 e. The van der Waals surface area contributed by atoms with Crippen LogP contribution in [-0.4, -0.2) is 25.3 Å². The highest BCUT2D eigenvalue weighted by molar-refractivity contribution is 6.42. The number of carbonyl (C=O) groups excluding carboxylic acids is 2. The largest absolute Gasteiger partial charge is 0.384 e. The molecule has 0 aliphatic rings. The van der Waals surface area contributed by atoms with E-state index < -0.39 is 11.6 Å². The molecule has 0 aromatic heterocycles. The standard InChI is InChI=1S/C25H32O3/c1-6-25(17-28-5,15-20-7-11-22(12-8-20)18(2)3)16-21-9-13-23(14-10-21)24(27)19(4)26/h7-14,18H,6,15-17H2,1-5H3. The van der Waals surface area contributed by atoms with E-state index in [-0.39, 0.29) is 5.41 Å². The molecule has 0 saturated carbocycles. The first-order valence-corrected chi connectivity index (χ1v) is 10.0. The van der Waals surface area contributed by atoms with E-state index >= 15 is 0 Å². The predicted octanol–water partition coefficient (Wildman–Crippen LogP) is 5.41. The van der Waals surface area contributed by atoms with Crippen molar-refractivity contribution < 1.29 is 14.3 Å². The van der Waals surface area contributed by atoms with Gasteiger partial charge >= 0.3 is 0 Å². The molecule has 0 heterocycles. The SMILES string of the molecule is CCC(COC)(Cc1ccc(C(=O)C(C)=O)cc1)Cc1ccc(C(C)C)cc1. The van der Waals surface area contributed by atoms with Gasteiger partial charge in [-0.05, 0) is 41.9 Å². The molecule has 0 aliphatic heterocycles. The molecular weight excluding hydrogens is 348 g/mol. The third-order valence-corrected chi connectivity index (χ3v) is 5.54. The normalized spacial score (nSPS) is 13.4. The van der Waals surface area contributed by atoms with E-state index in [1.807, 2.05) is 12.1 Å². The lowest BCUT2D eigenvalue weighted by Crippen LogP contribution is -2.31. The van der Waals surface area contributed by atoms with Crippen molar-refractivity contribution in [3.8, 4) is 0 Å². The molecule has 3 nitrogen and oxygen atoms in total. The second-order valence-corrected chi connectivity index (χ2v) is 8.12. The number of methoxy groups -OCH3 is 1. The third kappa shape index (κ3) is 5.62. The average molecular weight is 381 g/mol. The molecule has 0 amide bonds. The number of ether oxygens (including phenoxy) is 1. The molecule has 3 heteroatoms. The van der Waals surface area contributed by atoms with Crippen LogP contribution in [0.3, 0.4) is 0 Å². The van der Waals surface area contributed by atoms with E-state index in [0.717, 1.165) is 24.8 Å². The van der Waals surface area contributed by atoms with Crippen molar-refractivity contribution in [1.29, 1.82) is 0 Å². The summed E-state index contributed by atoms with van der Waals surface area (Å²) in [6, 6.07) is 16.3. The van der Waals surface area contributed by atoms with Crippen LogP contribution in [0.2, 0.25) is 0 Å². The molecule has 0 radical (unpaired) electrons. The Morgan fingerprint density at radius 3 is 1.82 bits per heavy atom. The Morgan fingerprint density at radius 2 is 1.43 bits per heavy atom. The molecular formula is C25H32O3. The van der Waals surface area contributed by atoms with Crippen LogP contribution in [0.1, 0.15) is 67.1 Å². The fourth-order valence-electron chi connectivity index (χ4n) is 3.69. The third-order valence-electron chi connectivity index (χ3n) is 5.54. The van der Waals surface area contributed by atoms with E-state index in [0.29, 0.717) is 18.1 Å². The van der Waals surface area contributed by atoms with Gasteiger partial charge in [0.15, 0.2) is 5.78 Å². The summed E-state index contributed by atoms with van der Waals surface area (Å²) >= 11 is 0. The first-order valence-electron chi connectivity index (χ1n) is 10.0. The Bertz CT molecular complexity index is 788. The van der Waals surface area contributed by atoms with Crippen LogP contribution in [0.5, 0.6) is 0 Å². The van der Waals surface area contributed by atoms with E-state index in [1.54, 1.807) is 19.2 Å². The summed E-state index contributed by atoms with van der Waals surface area (Å²) in [5.74, 6) is -0.337. The van der Waals surface area contributed by atoms with Crippen molar-refractivity contribution in [3.05, 3.63) is 70.8 Å². The lowest BCUT2D eigenvalue weighted by Gasteiger charge is -2.33. The van der Waals surface area contributed by atoms with Gasteiger partial charge in [0, 0.05) is 25.0 Å². The lowest BCUT2D eigenvalue weighted by molar-refractivity contribution is -0.113. The summed E-state index contributed by atoms with van der Waals surface area (Å²) in [7, 11) is 1.75. The Hall–Kier alpha value is -2.26. The van der Waals surface area contributed by atoms with Crippen LogP contribution in [0.15, 0.2) is 48.5 Å². The highest BCUT2D eigenvalue weighted by Crippen LogP contribution is 2.32. The van der Waals surface area contributed by atoms with E-state index in [2.05, 4.69) is 45.0 Å². The fourth-order valence-corrected chi connectivity index (χ4v) is 3.69. The Balaban J connectivity index is 2.22. The summed E-state index contributed by atoms with van der Waals surface area (Å²) in [4.78, 5) is 23.1. The van der Waals surface area contributed by atoms with Gasteiger partial charge in [0.05, 0.1) is 6.61 Å². The predicted molar refractivity (Wildman–Crippen MR) is 114 cm³/mol. The molecule has 1 atom stereocenters. The van der Waals surface area contributed by atoms with Crippen LogP contribution in [0.25, 0.3) is 0 Å². The molecule has 0 N–H and O–H groups in total. The second kappa shape index (κ2) is 9.79. The van der Waals surface area contributed by atoms with Gasteiger partial charge < -0.3 is 4.74 Å². The van der Waals surface area contributed by atoms with Gasteiger partial charge in [0.1, 0.15) is 0 Å². The maximum absolute atomic E-state index is 11.8. The van der Waals surface area contributed by atoms with Crippen molar-refractivity contribution in [2.24, 2.45) is 5.41 Å². The highest BCUT2D eigenvalue weighted by atomic mass is 16.5. The minimum Gasteiger partial charge on any atom is -0.384 e. The first-order chi connectivity index (χ1) is 13.3. The molecule has 0 fully saturated rings. The number of ketones is 2. The molecule has 0 spiro atoms. The van der Waals surface area contributed by atoms with E-state index in [9.17, 15) is 9.59 Å². The van der Waals surface area contributed by atoms with Crippen molar-refractivity contribution in [1.82, 2.24) is 0 Å². The van der Waals surface area contributed by atoms with Gasteiger partial charge in [-0.1, -0.05) is 69.3 Å². The summed E-state index contributed by atoms with van der Waals surface area (Å²) < 4.78 is 5.60. The fraction of sp³-hybridized carbons (Fsp3) is 0.440. The number of benzene rings is 2. The van der Waals surface area contributed by atoms with Crippen LogP contribution >= 0.6 is 0 Å². The smallest absolute Gasteiger partial charge is 0.228 e. The topological polar surface area (TPSA) is 43.4 Å². The van der Waals surface area contributed by atoms with Crippen LogP contribution < -0.4 is 0 Å². The summed E-state index contributed by atoms with van der Waals surface area (Å²) in [6.45, 7) is 8.59. The number of hydrogen-bond acceptors (Lipinski definition) is 3. The van der Waals surface area contributed by atoms with Crippen LogP contribution in [0, 0.1) is 5.41 Å². The molecule has 0 bridgehead atoms. The van der Waals surface area contributed by atoms with Gasteiger partial charge in [-0.25, -0.2) is 0 Å². The zero-order chi connectivity index (χ0) is 20.7. The van der Waals surface area contributed by atoms with Crippen molar-refractivity contribution >= 4 is 11.6 Å². The molecule has 0 aliphatic carbocycles. The molecule has 2 rings (SSSR count). The lowest BCUT2D eigenvalue weighted by atomic mass is 9.75. The number of hydrogen-bond donors (Lipinski definition) is 0. The molecule has 150 valence electrons. The maximum atomic E-state index is 11.8. The Labute approximate surface area is 169 Å².